The van der Waals surface area contributed by atoms with Crippen molar-refractivity contribution in [1.29, 1.82) is 5.26 Å². The van der Waals surface area contributed by atoms with Gasteiger partial charge in [0.2, 0.25) is 5.91 Å². The molecule has 1 aromatic heterocycles. The van der Waals surface area contributed by atoms with E-state index in [9.17, 15) is 4.79 Å². The van der Waals surface area contributed by atoms with Gasteiger partial charge in [-0.2, -0.15) is 5.26 Å². The molecule has 0 fully saturated rings. The fourth-order valence-electron chi connectivity index (χ4n) is 1.84. The maximum absolute atomic E-state index is 12.0. The molecule has 2 rings (SSSR count). The Morgan fingerprint density at radius 3 is 3.09 bits per heavy atom. The fourth-order valence-corrected chi connectivity index (χ4v) is 2.71. The standard InChI is InChI=1S/C15H17N5O2S/c1-19(8-4-7-16)14(21)10-23-15-18-17-11-20(15)12-5-3-6-13(9-12)22-2/h3,5-6,9,11H,4,8,10H2,1-2H3. The minimum absolute atomic E-state index is 0.0505. The summed E-state index contributed by atoms with van der Waals surface area (Å²) in [7, 11) is 3.30. The van der Waals surface area contributed by atoms with Crippen LogP contribution in [0.1, 0.15) is 6.42 Å². The summed E-state index contributed by atoms with van der Waals surface area (Å²) in [4.78, 5) is 13.6. The molecule has 1 heterocycles. The molecule has 2 aromatic rings. The molecule has 7 nitrogen and oxygen atoms in total. The lowest BCUT2D eigenvalue weighted by Crippen LogP contribution is -2.29. The lowest BCUT2D eigenvalue weighted by Gasteiger charge is -2.15. The number of carbonyl (C=O) groups excluding carboxylic acids is 1. The first-order valence-electron chi connectivity index (χ1n) is 6.94. The summed E-state index contributed by atoms with van der Waals surface area (Å²) in [5.74, 6) is 0.926. The van der Waals surface area contributed by atoms with Gasteiger partial charge in [0.05, 0.1) is 31.0 Å². The summed E-state index contributed by atoms with van der Waals surface area (Å²) in [5.41, 5.74) is 0.863. The molecule has 0 N–H and O–H groups in total. The van der Waals surface area contributed by atoms with E-state index in [2.05, 4.69) is 10.2 Å². The number of amides is 1. The Morgan fingerprint density at radius 2 is 2.35 bits per heavy atom. The Labute approximate surface area is 138 Å². The van der Waals surface area contributed by atoms with Crippen LogP contribution in [0.25, 0.3) is 5.69 Å². The van der Waals surface area contributed by atoms with Gasteiger partial charge < -0.3 is 9.64 Å². The first-order valence-corrected chi connectivity index (χ1v) is 7.92. The SMILES string of the molecule is COc1cccc(-n2cnnc2SCC(=O)N(C)CCC#N)c1. The van der Waals surface area contributed by atoms with Crippen molar-refractivity contribution in [3.05, 3.63) is 30.6 Å². The molecule has 0 aliphatic carbocycles. The van der Waals surface area contributed by atoms with Crippen LogP contribution >= 0.6 is 11.8 Å². The Hall–Kier alpha value is -2.53. The molecule has 0 spiro atoms. The highest BCUT2D eigenvalue weighted by Gasteiger charge is 2.13. The Morgan fingerprint density at radius 1 is 1.52 bits per heavy atom. The van der Waals surface area contributed by atoms with Crippen molar-refractivity contribution < 1.29 is 9.53 Å². The second kappa shape index (κ2) is 8.19. The first-order chi connectivity index (χ1) is 11.2. The number of nitrogens with zero attached hydrogens (tertiary/aromatic N) is 5. The summed E-state index contributed by atoms with van der Waals surface area (Å²) in [6, 6.07) is 9.54. The zero-order valence-electron chi connectivity index (χ0n) is 13.0. The number of ether oxygens (including phenoxy) is 1. The van der Waals surface area contributed by atoms with E-state index >= 15 is 0 Å². The van der Waals surface area contributed by atoms with Crippen LogP contribution in [0.3, 0.4) is 0 Å². The number of thioether (sulfide) groups is 1. The summed E-state index contributed by atoms with van der Waals surface area (Å²) in [6.07, 6.45) is 1.92. The van der Waals surface area contributed by atoms with Crippen molar-refractivity contribution in [1.82, 2.24) is 19.7 Å². The molecule has 1 amide bonds. The molecular formula is C15H17N5O2S. The number of nitriles is 1. The van der Waals surface area contributed by atoms with E-state index in [1.54, 1.807) is 30.0 Å². The summed E-state index contributed by atoms with van der Waals surface area (Å²) in [5, 5.41) is 17.1. The van der Waals surface area contributed by atoms with Gasteiger partial charge in [-0.1, -0.05) is 17.8 Å². The number of aromatic nitrogens is 3. The van der Waals surface area contributed by atoms with Crippen LogP contribution in [0.5, 0.6) is 5.75 Å². The summed E-state index contributed by atoms with van der Waals surface area (Å²) >= 11 is 1.31. The van der Waals surface area contributed by atoms with Crippen molar-refractivity contribution in [3.8, 4) is 17.5 Å². The van der Waals surface area contributed by atoms with Gasteiger partial charge in [0.25, 0.3) is 0 Å². The average Bonchev–Trinajstić information content (AvgIpc) is 3.06. The van der Waals surface area contributed by atoms with Crippen LogP contribution in [0, 0.1) is 11.3 Å². The van der Waals surface area contributed by atoms with Crippen LogP contribution in [0.2, 0.25) is 0 Å². The highest BCUT2D eigenvalue weighted by atomic mass is 32.2. The van der Waals surface area contributed by atoms with Crippen molar-refractivity contribution >= 4 is 17.7 Å². The number of hydrogen-bond acceptors (Lipinski definition) is 6. The number of methoxy groups -OCH3 is 1. The van der Waals surface area contributed by atoms with Crippen molar-refractivity contribution in [2.45, 2.75) is 11.6 Å². The molecule has 0 saturated carbocycles. The van der Waals surface area contributed by atoms with Gasteiger partial charge in [-0.25, -0.2) is 0 Å². The van der Waals surface area contributed by atoms with Crippen LogP contribution in [-0.2, 0) is 4.79 Å². The Kier molecular flexibility index (Phi) is 6.00. The molecule has 0 radical (unpaired) electrons. The van der Waals surface area contributed by atoms with Gasteiger partial charge >= 0.3 is 0 Å². The lowest BCUT2D eigenvalue weighted by atomic mass is 10.3. The quantitative estimate of drug-likeness (QED) is 0.719. The maximum atomic E-state index is 12.0. The molecule has 23 heavy (non-hydrogen) atoms. The normalized spacial score (nSPS) is 10.1. The predicted octanol–water partition coefficient (Wildman–Crippen LogP) is 1.74. The second-order valence-electron chi connectivity index (χ2n) is 4.70. The molecule has 8 heteroatoms. The van der Waals surface area contributed by atoms with Crippen molar-refractivity contribution in [2.75, 3.05) is 26.5 Å². The highest BCUT2D eigenvalue weighted by molar-refractivity contribution is 7.99. The number of carbonyl (C=O) groups is 1. The van der Waals surface area contributed by atoms with E-state index in [0.717, 1.165) is 11.4 Å². The van der Waals surface area contributed by atoms with E-state index < -0.39 is 0 Å². The first kappa shape index (κ1) is 16.8. The molecule has 120 valence electrons. The van der Waals surface area contributed by atoms with E-state index in [-0.39, 0.29) is 11.7 Å². The second-order valence-corrected chi connectivity index (χ2v) is 5.64. The highest BCUT2D eigenvalue weighted by Crippen LogP contribution is 2.22. The Bertz CT molecular complexity index is 710. The van der Waals surface area contributed by atoms with E-state index in [1.165, 1.54) is 11.8 Å². The maximum Gasteiger partial charge on any atom is 0.232 e. The summed E-state index contributed by atoms with van der Waals surface area (Å²) < 4.78 is 7.01. The molecular weight excluding hydrogens is 314 g/mol. The van der Waals surface area contributed by atoms with Crippen LogP contribution in [0.4, 0.5) is 0 Å². The monoisotopic (exact) mass is 331 g/mol. The zero-order chi connectivity index (χ0) is 16.7. The van der Waals surface area contributed by atoms with Gasteiger partial charge in [-0.05, 0) is 12.1 Å². The summed E-state index contributed by atoms with van der Waals surface area (Å²) in [6.45, 7) is 0.429. The number of rotatable bonds is 7. The molecule has 0 aliphatic rings. The topological polar surface area (TPSA) is 84.0 Å². The largest absolute Gasteiger partial charge is 0.497 e. The van der Waals surface area contributed by atoms with Gasteiger partial charge in [-0.3, -0.25) is 9.36 Å². The van der Waals surface area contributed by atoms with E-state index in [4.69, 9.17) is 10.00 Å². The molecule has 0 atom stereocenters. The molecule has 0 saturated heterocycles. The van der Waals surface area contributed by atoms with Gasteiger partial charge in [0.15, 0.2) is 5.16 Å². The van der Waals surface area contributed by atoms with Crippen LogP contribution in [0.15, 0.2) is 35.7 Å². The van der Waals surface area contributed by atoms with Crippen LogP contribution < -0.4 is 4.74 Å². The molecule has 0 unspecified atom stereocenters. The third-order valence-electron chi connectivity index (χ3n) is 3.16. The number of benzene rings is 1. The van der Waals surface area contributed by atoms with E-state index in [1.807, 2.05) is 30.3 Å². The molecule has 0 aliphatic heterocycles. The zero-order valence-corrected chi connectivity index (χ0v) is 13.8. The van der Waals surface area contributed by atoms with Gasteiger partial charge in [0.1, 0.15) is 12.1 Å². The minimum Gasteiger partial charge on any atom is -0.497 e. The van der Waals surface area contributed by atoms with Crippen molar-refractivity contribution in [3.63, 3.8) is 0 Å². The molecule has 1 aromatic carbocycles. The third-order valence-corrected chi connectivity index (χ3v) is 4.09. The Balaban J connectivity index is 2.04. The van der Waals surface area contributed by atoms with E-state index in [0.29, 0.717) is 18.1 Å². The fraction of sp³-hybridized carbons (Fsp3) is 0.333. The average molecular weight is 331 g/mol. The molecule has 0 bridgehead atoms. The van der Waals surface area contributed by atoms with Crippen molar-refractivity contribution in [2.24, 2.45) is 0 Å². The predicted molar refractivity (Wildman–Crippen MR) is 86.5 cm³/mol. The number of hydrogen-bond donors (Lipinski definition) is 0. The van der Waals surface area contributed by atoms with Gasteiger partial charge in [-0.15, -0.1) is 10.2 Å². The smallest absolute Gasteiger partial charge is 0.232 e. The van der Waals surface area contributed by atoms with Crippen LogP contribution in [-0.4, -0.2) is 52.0 Å². The van der Waals surface area contributed by atoms with Gasteiger partial charge in [0, 0.05) is 19.7 Å². The minimum atomic E-state index is -0.0505. The third kappa shape index (κ3) is 4.47. The lowest BCUT2D eigenvalue weighted by molar-refractivity contribution is -0.127.